The molecule has 0 atom stereocenters. The number of aromatic nitrogens is 2. The molecule has 4 rings (SSSR count). The highest BCUT2D eigenvalue weighted by Gasteiger charge is 2.14. The summed E-state index contributed by atoms with van der Waals surface area (Å²) in [4.78, 5) is 17.4. The van der Waals surface area contributed by atoms with Crippen LogP contribution < -0.4 is 0 Å². The molecule has 0 radical (unpaired) electrons. The monoisotopic (exact) mass is 344 g/mol. The average molecular weight is 344 g/mol. The van der Waals surface area contributed by atoms with E-state index >= 15 is 0 Å². The molecule has 0 aliphatic heterocycles. The van der Waals surface area contributed by atoms with Gasteiger partial charge in [-0.2, -0.15) is 0 Å². The van der Waals surface area contributed by atoms with Gasteiger partial charge in [0.25, 0.3) is 0 Å². The molecule has 0 bridgehead atoms. The lowest BCUT2D eigenvalue weighted by molar-refractivity contribution is 0.103. The first-order valence-corrected chi connectivity index (χ1v) is 8.37. The first kappa shape index (κ1) is 16.2. The summed E-state index contributed by atoms with van der Waals surface area (Å²) in [5, 5.41) is 0. The van der Waals surface area contributed by atoms with Gasteiger partial charge in [0.1, 0.15) is 11.6 Å². The topological polar surface area (TPSA) is 34.9 Å². The molecule has 128 valence electrons. The van der Waals surface area contributed by atoms with Crippen LogP contribution in [-0.4, -0.2) is 15.3 Å². The van der Waals surface area contributed by atoms with Crippen LogP contribution in [0.5, 0.6) is 0 Å². The summed E-state index contributed by atoms with van der Waals surface area (Å²) in [6, 6.07) is 19.3. The molecule has 3 aromatic carbocycles. The van der Waals surface area contributed by atoms with Crippen LogP contribution in [0.3, 0.4) is 0 Å². The first-order valence-electron chi connectivity index (χ1n) is 8.37. The van der Waals surface area contributed by atoms with Gasteiger partial charge in [0.15, 0.2) is 5.78 Å². The van der Waals surface area contributed by atoms with Gasteiger partial charge < -0.3 is 4.57 Å². The van der Waals surface area contributed by atoms with Gasteiger partial charge in [-0.25, -0.2) is 9.37 Å². The Morgan fingerprint density at radius 2 is 1.58 bits per heavy atom. The summed E-state index contributed by atoms with van der Waals surface area (Å²) in [5.41, 5.74) is 4.89. The Labute approximate surface area is 150 Å². The third-order valence-electron chi connectivity index (χ3n) is 4.56. The third-order valence-corrected chi connectivity index (χ3v) is 4.56. The van der Waals surface area contributed by atoms with E-state index in [1.165, 1.54) is 12.1 Å². The zero-order chi connectivity index (χ0) is 18.3. The summed E-state index contributed by atoms with van der Waals surface area (Å²) in [5.74, 6) is 0.440. The fraction of sp³-hybridized carbons (Fsp3) is 0.0909. The number of carbonyl (C=O) groups is 1. The molecule has 0 amide bonds. The van der Waals surface area contributed by atoms with Gasteiger partial charge in [-0.3, -0.25) is 4.79 Å². The maximum absolute atomic E-state index is 13.2. The number of benzene rings is 3. The minimum absolute atomic E-state index is 0.0172. The Hall–Kier alpha value is -3.27. The highest BCUT2D eigenvalue weighted by Crippen LogP contribution is 2.25. The molecule has 4 heteroatoms. The number of fused-ring (bicyclic) bond motifs is 1. The number of carbonyl (C=O) groups excluding carboxylic acids is 1. The van der Waals surface area contributed by atoms with E-state index in [4.69, 9.17) is 0 Å². The number of aryl methyl sites for hydroxylation is 2. The van der Waals surface area contributed by atoms with E-state index in [0.717, 1.165) is 28.0 Å². The summed E-state index contributed by atoms with van der Waals surface area (Å²) in [6.07, 6.45) is 0. The molecule has 3 nitrogen and oxygen atoms in total. The van der Waals surface area contributed by atoms with Gasteiger partial charge in [-0.15, -0.1) is 0 Å². The number of ketones is 1. The summed E-state index contributed by atoms with van der Waals surface area (Å²) < 4.78 is 15.1. The molecule has 0 unspecified atom stereocenters. The molecule has 0 N–H and O–H groups in total. The molecular formula is C22H17FN2O. The largest absolute Gasteiger partial charge is 0.327 e. The van der Waals surface area contributed by atoms with Crippen molar-refractivity contribution in [2.45, 2.75) is 6.92 Å². The zero-order valence-corrected chi connectivity index (χ0v) is 14.5. The second kappa shape index (κ2) is 6.23. The lowest BCUT2D eigenvalue weighted by Crippen LogP contribution is -2.01. The van der Waals surface area contributed by atoms with Gasteiger partial charge in [-0.1, -0.05) is 29.8 Å². The standard InChI is InChI=1S/C22H17FN2O/c1-14-3-5-15(6-4-14)21(26)17-9-12-19-20(13-17)25(2)22(24-19)16-7-10-18(23)11-8-16/h3-13H,1-2H3. The molecule has 1 aromatic heterocycles. The van der Waals surface area contributed by atoms with Crippen LogP contribution in [0.1, 0.15) is 21.5 Å². The average Bonchev–Trinajstić information content (AvgIpc) is 2.99. The molecular weight excluding hydrogens is 327 g/mol. The fourth-order valence-corrected chi connectivity index (χ4v) is 3.06. The molecule has 0 fully saturated rings. The van der Waals surface area contributed by atoms with Crippen molar-refractivity contribution < 1.29 is 9.18 Å². The molecule has 0 saturated heterocycles. The van der Waals surface area contributed by atoms with E-state index in [9.17, 15) is 9.18 Å². The Kier molecular flexibility index (Phi) is 3.88. The minimum Gasteiger partial charge on any atom is -0.327 e. The van der Waals surface area contributed by atoms with E-state index in [2.05, 4.69) is 4.98 Å². The van der Waals surface area contributed by atoms with Crippen molar-refractivity contribution in [2.24, 2.45) is 7.05 Å². The number of halogens is 1. The van der Waals surface area contributed by atoms with Crippen molar-refractivity contribution in [1.29, 1.82) is 0 Å². The van der Waals surface area contributed by atoms with Crippen LogP contribution in [0.4, 0.5) is 4.39 Å². The van der Waals surface area contributed by atoms with Crippen molar-refractivity contribution in [2.75, 3.05) is 0 Å². The second-order valence-corrected chi connectivity index (χ2v) is 6.40. The highest BCUT2D eigenvalue weighted by atomic mass is 19.1. The fourth-order valence-electron chi connectivity index (χ4n) is 3.06. The summed E-state index contributed by atoms with van der Waals surface area (Å²) >= 11 is 0. The number of imidazole rings is 1. The Bertz CT molecular complexity index is 1110. The predicted octanol–water partition coefficient (Wildman–Crippen LogP) is 4.92. The van der Waals surface area contributed by atoms with Crippen molar-refractivity contribution in [1.82, 2.24) is 9.55 Å². The van der Waals surface area contributed by atoms with E-state index in [-0.39, 0.29) is 11.6 Å². The minimum atomic E-state index is -0.279. The number of rotatable bonds is 3. The lowest BCUT2D eigenvalue weighted by Gasteiger charge is -2.04. The summed E-state index contributed by atoms with van der Waals surface area (Å²) in [7, 11) is 1.90. The van der Waals surface area contributed by atoms with E-state index in [1.807, 2.05) is 54.9 Å². The first-order chi connectivity index (χ1) is 12.5. The SMILES string of the molecule is Cc1ccc(C(=O)c2ccc3nc(-c4ccc(F)cc4)n(C)c3c2)cc1. The predicted molar refractivity (Wildman–Crippen MR) is 101 cm³/mol. The van der Waals surface area contributed by atoms with Crippen LogP contribution in [0.15, 0.2) is 66.7 Å². The Morgan fingerprint density at radius 3 is 2.27 bits per heavy atom. The number of hydrogen-bond donors (Lipinski definition) is 0. The molecule has 26 heavy (non-hydrogen) atoms. The van der Waals surface area contributed by atoms with Crippen molar-refractivity contribution >= 4 is 16.8 Å². The zero-order valence-electron chi connectivity index (χ0n) is 14.5. The molecule has 0 aliphatic rings. The van der Waals surface area contributed by atoms with Crippen LogP contribution in [0, 0.1) is 12.7 Å². The van der Waals surface area contributed by atoms with E-state index in [0.29, 0.717) is 11.1 Å². The van der Waals surface area contributed by atoms with E-state index < -0.39 is 0 Å². The van der Waals surface area contributed by atoms with E-state index in [1.54, 1.807) is 18.2 Å². The molecule has 0 saturated carbocycles. The van der Waals surface area contributed by atoms with Crippen LogP contribution in [-0.2, 0) is 7.05 Å². The number of hydrogen-bond acceptors (Lipinski definition) is 2. The maximum atomic E-state index is 13.2. The van der Waals surface area contributed by atoms with Crippen LogP contribution in [0.25, 0.3) is 22.4 Å². The van der Waals surface area contributed by atoms with Crippen molar-refractivity contribution in [3.63, 3.8) is 0 Å². The Morgan fingerprint density at radius 1 is 0.923 bits per heavy atom. The lowest BCUT2D eigenvalue weighted by atomic mass is 10.0. The quantitative estimate of drug-likeness (QED) is 0.495. The molecule has 1 heterocycles. The van der Waals surface area contributed by atoms with Crippen LogP contribution >= 0.6 is 0 Å². The third kappa shape index (κ3) is 2.80. The van der Waals surface area contributed by atoms with Crippen molar-refractivity contribution in [3.8, 4) is 11.4 Å². The summed E-state index contributed by atoms with van der Waals surface area (Å²) in [6.45, 7) is 1.99. The second-order valence-electron chi connectivity index (χ2n) is 6.40. The van der Waals surface area contributed by atoms with Gasteiger partial charge in [0.05, 0.1) is 11.0 Å². The van der Waals surface area contributed by atoms with Gasteiger partial charge in [-0.05, 0) is 49.4 Å². The number of nitrogens with zero attached hydrogens (tertiary/aromatic N) is 2. The normalized spacial score (nSPS) is 11.0. The maximum Gasteiger partial charge on any atom is 0.193 e. The molecule has 0 spiro atoms. The van der Waals surface area contributed by atoms with Crippen molar-refractivity contribution in [3.05, 3.63) is 89.2 Å². The molecule has 4 aromatic rings. The van der Waals surface area contributed by atoms with Gasteiger partial charge in [0.2, 0.25) is 0 Å². The van der Waals surface area contributed by atoms with Gasteiger partial charge >= 0.3 is 0 Å². The smallest absolute Gasteiger partial charge is 0.193 e. The molecule has 0 aliphatic carbocycles. The Balaban J connectivity index is 1.77. The van der Waals surface area contributed by atoms with Gasteiger partial charge in [0, 0.05) is 23.7 Å². The van der Waals surface area contributed by atoms with Crippen LogP contribution in [0.2, 0.25) is 0 Å². The highest BCUT2D eigenvalue weighted by molar-refractivity contribution is 6.10.